The molecule has 0 aromatic heterocycles. The molecule has 14 aliphatic rings. The SMILES string of the molecule is C1C2CC3C4CC5CC(C14)C(C2)C3C5.C1C2CC3C4CC5CC(C14)C(C2)C3C5.C=O. The Kier molecular flexibility index (Phi) is 3.73. The summed E-state index contributed by atoms with van der Waals surface area (Å²) in [6.45, 7) is 2.00. The highest BCUT2D eigenvalue weighted by Gasteiger charge is 2.64. The Morgan fingerprint density at radius 3 is 0.467 bits per heavy atom. The molecule has 1 heteroatoms. The molecule has 0 radical (unpaired) electrons. The van der Waals surface area contributed by atoms with Crippen molar-refractivity contribution >= 4 is 6.79 Å². The molecule has 0 N–H and O–H groups in total. The molecular formula is C29H42O. The van der Waals surface area contributed by atoms with Crippen LogP contribution in [0.3, 0.4) is 0 Å². The van der Waals surface area contributed by atoms with E-state index in [9.17, 15) is 0 Å². The summed E-state index contributed by atoms with van der Waals surface area (Å²) in [6.07, 6.45) is 19.9. The van der Waals surface area contributed by atoms with Crippen LogP contribution in [0.4, 0.5) is 0 Å². The lowest BCUT2D eigenvalue weighted by molar-refractivity contribution is -0.202. The van der Waals surface area contributed by atoms with Gasteiger partial charge >= 0.3 is 0 Å². The van der Waals surface area contributed by atoms with Crippen molar-refractivity contribution in [2.24, 2.45) is 94.7 Å². The van der Waals surface area contributed by atoms with E-state index in [1.165, 1.54) is 94.7 Å². The van der Waals surface area contributed by atoms with E-state index in [0.29, 0.717) is 0 Å². The van der Waals surface area contributed by atoms with E-state index >= 15 is 0 Å². The van der Waals surface area contributed by atoms with E-state index in [4.69, 9.17) is 4.79 Å². The van der Waals surface area contributed by atoms with Gasteiger partial charge in [0, 0.05) is 0 Å². The van der Waals surface area contributed by atoms with Crippen LogP contribution in [-0.2, 0) is 4.79 Å². The van der Waals surface area contributed by atoms with Gasteiger partial charge in [-0.15, -0.1) is 0 Å². The molecule has 164 valence electrons. The van der Waals surface area contributed by atoms with E-state index in [1.807, 2.05) is 6.79 Å². The average Bonchev–Trinajstić information content (AvgIpc) is 2.81. The van der Waals surface area contributed by atoms with E-state index < -0.39 is 0 Å². The number of carbonyl (C=O) groups is 1. The van der Waals surface area contributed by atoms with Gasteiger partial charge in [-0.3, -0.25) is 0 Å². The fourth-order valence-electron chi connectivity index (χ4n) is 13.8. The van der Waals surface area contributed by atoms with Crippen LogP contribution in [0.1, 0.15) is 77.0 Å². The molecule has 0 unspecified atom stereocenters. The van der Waals surface area contributed by atoms with Crippen LogP contribution in [-0.4, -0.2) is 6.79 Å². The highest BCUT2D eigenvalue weighted by Crippen LogP contribution is 2.72. The fraction of sp³-hybridized carbons (Fsp3) is 0.966. The lowest BCUT2D eigenvalue weighted by Crippen LogP contribution is -2.62. The number of hydrogen-bond donors (Lipinski definition) is 0. The monoisotopic (exact) mass is 406 g/mol. The Bertz CT molecular complexity index is 491. The molecule has 14 saturated carbocycles. The van der Waals surface area contributed by atoms with Crippen LogP contribution < -0.4 is 0 Å². The van der Waals surface area contributed by atoms with Crippen LogP contribution >= 0.6 is 0 Å². The molecule has 0 saturated heterocycles. The van der Waals surface area contributed by atoms with Gasteiger partial charge in [-0.05, 0) is 172 Å². The molecule has 30 heavy (non-hydrogen) atoms. The first kappa shape index (κ1) is 18.1. The highest BCUT2D eigenvalue weighted by atomic mass is 16.1. The molecule has 0 aromatic carbocycles. The Morgan fingerprint density at radius 1 is 0.267 bits per heavy atom. The molecule has 1 nitrogen and oxygen atoms in total. The second-order valence-corrected chi connectivity index (χ2v) is 14.3. The normalized spacial score (nSPS) is 67.3. The van der Waals surface area contributed by atoms with Crippen LogP contribution in [0.5, 0.6) is 0 Å². The summed E-state index contributed by atoms with van der Waals surface area (Å²) >= 11 is 0. The summed E-state index contributed by atoms with van der Waals surface area (Å²) in [4.78, 5) is 8.00. The molecular weight excluding hydrogens is 364 g/mol. The number of carbonyl (C=O) groups excluding carboxylic acids is 1. The van der Waals surface area contributed by atoms with Crippen molar-refractivity contribution < 1.29 is 4.79 Å². The first-order valence-electron chi connectivity index (χ1n) is 14.1. The van der Waals surface area contributed by atoms with Gasteiger partial charge in [0.2, 0.25) is 0 Å². The minimum Gasteiger partial charge on any atom is -0.307 e. The standard InChI is InChI=1S/2C14H20.CH2O/c2*1-7-2-12-10-4-8-5-11(9(1)10)13(3-7)14(12)6-8;1-2/h2*7-14H,1-6H2;1H2. The minimum absolute atomic E-state index is 1.19. The summed E-state index contributed by atoms with van der Waals surface area (Å²) in [5, 5.41) is 0. The molecule has 0 aliphatic heterocycles. The predicted octanol–water partition coefficient (Wildman–Crippen LogP) is 6.46. The Labute approximate surface area is 183 Å². The zero-order valence-corrected chi connectivity index (χ0v) is 18.8. The van der Waals surface area contributed by atoms with Gasteiger partial charge in [-0.1, -0.05) is 0 Å². The third-order valence-electron chi connectivity index (χ3n) is 13.9. The maximum Gasteiger partial charge on any atom is 0.106 e. The van der Waals surface area contributed by atoms with E-state index in [0.717, 1.165) is 0 Å². The van der Waals surface area contributed by atoms with Crippen molar-refractivity contribution in [3.8, 4) is 0 Å². The molecule has 14 rings (SSSR count). The van der Waals surface area contributed by atoms with Crippen molar-refractivity contribution in [3.05, 3.63) is 0 Å². The molecule has 0 amide bonds. The third kappa shape index (κ3) is 2.15. The highest BCUT2D eigenvalue weighted by molar-refractivity contribution is 5.13. The Hall–Kier alpha value is -0.330. The van der Waals surface area contributed by atoms with Crippen molar-refractivity contribution in [1.29, 1.82) is 0 Å². The Morgan fingerprint density at radius 2 is 0.367 bits per heavy atom. The van der Waals surface area contributed by atoms with E-state index in [2.05, 4.69) is 0 Å². The maximum absolute atomic E-state index is 8.00. The van der Waals surface area contributed by atoms with Gasteiger partial charge in [-0.25, -0.2) is 0 Å². The van der Waals surface area contributed by atoms with Gasteiger partial charge in [0.15, 0.2) is 0 Å². The van der Waals surface area contributed by atoms with Gasteiger partial charge in [0.1, 0.15) is 6.79 Å². The number of hydrogen-bond acceptors (Lipinski definition) is 1. The van der Waals surface area contributed by atoms with Crippen LogP contribution in [0.2, 0.25) is 0 Å². The van der Waals surface area contributed by atoms with Crippen LogP contribution in [0.15, 0.2) is 0 Å². The second-order valence-electron chi connectivity index (χ2n) is 14.3. The summed E-state index contributed by atoms with van der Waals surface area (Å²) in [5.41, 5.74) is 0. The molecule has 0 aromatic rings. The average molecular weight is 407 g/mol. The third-order valence-corrected chi connectivity index (χ3v) is 13.9. The van der Waals surface area contributed by atoms with Crippen LogP contribution in [0, 0.1) is 94.7 Å². The van der Waals surface area contributed by atoms with Crippen molar-refractivity contribution in [2.75, 3.05) is 0 Å². The largest absolute Gasteiger partial charge is 0.307 e. The van der Waals surface area contributed by atoms with E-state index in [-0.39, 0.29) is 0 Å². The van der Waals surface area contributed by atoms with Crippen molar-refractivity contribution in [3.63, 3.8) is 0 Å². The summed E-state index contributed by atoms with van der Waals surface area (Å²) in [5.74, 6) is 19.5. The maximum atomic E-state index is 8.00. The van der Waals surface area contributed by atoms with Gasteiger partial charge in [-0.2, -0.15) is 0 Å². The van der Waals surface area contributed by atoms with Crippen molar-refractivity contribution in [1.82, 2.24) is 0 Å². The summed E-state index contributed by atoms with van der Waals surface area (Å²) in [6, 6.07) is 0. The van der Waals surface area contributed by atoms with Crippen molar-refractivity contribution in [2.45, 2.75) is 77.0 Å². The Balaban J connectivity index is 0.0000000940. The second kappa shape index (κ2) is 6.17. The fourth-order valence-corrected chi connectivity index (χ4v) is 13.8. The van der Waals surface area contributed by atoms with Gasteiger partial charge in [0.05, 0.1) is 0 Å². The zero-order chi connectivity index (χ0) is 19.7. The van der Waals surface area contributed by atoms with Gasteiger partial charge < -0.3 is 4.79 Å². The molecule has 16 bridgehead atoms. The lowest BCUT2D eigenvalue weighted by atomic mass is 9.36. The first-order valence-corrected chi connectivity index (χ1v) is 14.1. The summed E-state index contributed by atoms with van der Waals surface area (Å²) in [7, 11) is 0. The minimum atomic E-state index is 1.19. The smallest absolute Gasteiger partial charge is 0.106 e. The molecule has 0 atom stereocenters. The quantitative estimate of drug-likeness (QED) is 0.451. The predicted molar refractivity (Wildman–Crippen MR) is 118 cm³/mol. The first-order chi connectivity index (χ1) is 14.8. The molecule has 14 fully saturated rings. The topological polar surface area (TPSA) is 17.1 Å². The lowest BCUT2D eigenvalue weighted by Gasteiger charge is -2.69. The molecule has 14 aliphatic carbocycles. The molecule has 0 spiro atoms. The summed E-state index contributed by atoms with van der Waals surface area (Å²) < 4.78 is 0. The van der Waals surface area contributed by atoms with Gasteiger partial charge in [0.25, 0.3) is 0 Å². The molecule has 0 heterocycles. The number of rotatable bonds is 0. The zero-order valence-electron chi connectivity index (χ0n) is 18.8. The van der Waals surface area contributed by atoms with Crippen LogP contribution in [0.25, 0.3) is 0 Å². The van der Waals surface area contributed by atoms with E-state index in [1.54, 1.807) is 77.0 Å².